The van der Waals surface area contributed by atoms with Gasteiger partial charge in [0.25, 0.3) is 0 Å². The highest BCUT2D eigenvalue weighted by atomic mass is 19.4. The van der Waals surface area contributed by atoms with E-state index in [4.69, 9.17) is 9.84 Å². The Balaban J connectivity index is 2.09. The van der Waals surface area contributed by atoms with Crippen molar-refractivity contribution in [2.24, 2.45) is 0 Å². The summed E-state index contributed by atoms with van der Waals surface area (Å²) >= 11 is 0. The molecule has 2 rings (SSSR count). The topological polar surface area (TPSA) is 55.8 Å². The van der Waals surface area contributed by atoms with Crippen molar-refractivity contribution in [3.8, 4) is 11.5 Å². The van der Waals surface area contributed by atoms with Crippen LogP contribution in [0.15, 0.2) is 48.5 Å². The van der Waals surface area contributed by atoms with Crippen molar-refractivity contribution in [2.75, 3.05) is 0 Å². The lowest BCUT2D eigenvalue weighted by molar-refractivity contribution is -0.274. The standard InChI is InChI=1S/C15H11F3O4/c16-15(17,18)22-11-5-3-4-10(8-11)9-21-13-7-2-1-6-12(13)14(19)20/h1-8H,9H2,(H,19,20). The summed E-state index contributed by atoms with van der Waals surface area (Å²) in [5.41, 5.74) is 0.395. The van der Waals surface area contributed by atoms with Crippen LogP contribution in [0.3, 0.4) is 0 Å². The number of carbonyl (C=O) groups is 1. The van der Waals surface area contributed by atoms with Crippen LogP contribution in [0.25, 0.3) is 0 Å². The lowest BCUT2D eigenvalue weighted by atomic mass is 10.2. The number of aromatic carboxylic acids is 1. The Hall–Kier alpha value is -2.70. The van der Waals surface area contributed by atoms with E-state index in [0.717, 1.165) is 0 Å². The van der Waals surface area contributed by atoms with Crippen molar-refractivity contribution < 1.29 is 32.5 Å². The fourth-order valence-corrected chi connectivity index (χ4v) is 1.76. The molecule has 4 nitrogen and oxygen atoms in total. The largest absolute Gasteiger partial charge is 0.573 e. The van der Waals surface area contributed by atoms with Crippen molar-refractivity contribution in [3.63, 3.8) is 0 Å². The van der Waals surface area contributed by atoms with E-state index in [1.54, 1.807) is 18.2 Å². The molecule has 7 heteroatoms. The molecule has 0 amide bonds. The molecule has 116 valence electrons. The first-order valence-electron chi connectivity index (χ1n) is 6.15. The van der Waals surface area contributed by atoms with Crippen LogP contribution in [0.2, 0.25) is 0 Å². The van der Waals surface area contributed by atoms with Crippen molar-refractivity contribution in [2.45, 2.75) is 13.0 Å². The van der Waals surface area contributed by atoms with E-state index in [2.05, 4.69) is 4.74 Å². The summed E-state index contributed by atoms with van der Waals surface area (Å²) in [6, 6.07) is 11.3. The molecule has 0 fully saturated rings. The van der Waals surface area contributed by atoms with Gasteiger partial charge in [-0.3, -0.25) is 0 Å². The predicted molar refractivity (Wildman–Crippen MR) is 70.9 cm³/mol. The second-order valence-electron chi connectivity index (χ2n) is 4.29. The molecule has 0 bridgehead atoms. The molecule has 2 aromatic carbocycles. The molecular weight excluding hydrogens is 301 g/mol. The van der Waals surface area contributed by atoms with Gasteiger partial charge in [0.2, 0.25) is 0 Å². The van der Waals surface area contributed by atoms with Gasteiger partial charge in [-0.2, -0.15) is 0 Å². The fourth-order valence-electron chi connectivity index (χ4n) is 1.76. The summed E-state index contributed by atoms with van der Waals surface area (Å²) in [6.45, 7) is -0.0840. The summed E-state index contributed by atoms with van der Waals surface area (Å²) in [4.78, 5) is 11.0. The average molecular weight is 312 g/mol. The lowest BCUT2D eigenvalue weighted by Gasteiger charge is -2.11. The Morgan fingerprint density at radius 1 is 1.09 bits per heavy atom. The van der Waals surface area contributed by atoms with Crippen LogP contribution in [0.1, 0.15) is 15.9 Å². The van der Waals surface area contributed by atoms with Crippen LogP contribution in [-0.2, 0) is 6.61 Å². The van der Waals surface area contributed by atoms with Gasteiger partial charge in [-0.05, 0) is 29.8 Å². The van der Waals surface area contributed by atoms with Gasteiger partial charge in [-0.1, -0.05) is 24.3 Å². The molecule has 2 aromatic rings. The number of alkyl halides is 3. The van der Waals surface area contributed by atoms with E-state index in [0.29, 0.717) is 5.56 Å². The van der Waals surface area contributed by atoms with Gasteiger partial charge in [0.05, 0.1) is 0 Å². The smallest absolute Gasteiger partial charge is 0.488 e. The minimum Gasteiger partial charge on any atom is -0.488 e. The van der Waals surface area contributed by atoms with E-state index in [9.17, 15) is 18.0 Å². The molecular formula is C15H11F3O4. The number of carboxylic acid groups (broad SMARTS) is 1. The first-order valence-corrected chi connectivity index (χ1v) is 6.15. The third-order valence-corrected chi connectivity index (χ3v) is 2.64. The van der Waals surface area contributed by atoms with Crippen molar-refractivity contribution in [1.82, 2.24) is 0 Å². The highest BCUT2D eigenvalue weighted by Gasteiger charge is 2.31. The molecule has 0 spiro atoms. The summed E-state index contributed by atoms with van der Waals surface area (Å²) in [6.07, 6.45) is -4.77. The minimum absolute atomic E-state index is 0.0230. The van der Waals surface area contributed by atoms with Crippen molar-refractivity contribution >= 4 is 5.97 Å². The van der Waals surface area contributed by atoms with E-state index in [1.165, 1.54) is 30.3 Å². The zero-order valence-electron chi connectivity index (χ0n) is 11.1. The van der Waals surface area contributed by atoms with Gasteiger partial charge < -0.3 is 14.6 Å². The number of halogens is 3. The van der Waals surface area contributed by atoms with Crippen LogP contribution in [0, 0.1) is 0 Å². The first kappa shape index (κ1) is 15.7. The normalized spacial score (nSPS) is 11.0. The highest BCUT2D eigenvalue weighted by molar-refractivity contribution is 5.90. The number of benzene rings is 2. The Labute approximate surface area is 123 Å². The highest BCUT2D eigenvalue weighted by Crippen LogP contribution is 2.24. The quantitative estimate of drug-likeness (QED) is 0.911. The van der Waals surface area contributed by atoms with E-state index in [1.807, 2.05) is 0 Å². The summed E-state index contributed by atoms with van der Waals surface area (Å²) in [5.74, 6) is -1.37. The zero-order chi connectivity index (χ0) is 16.2. The summed E-state index contributed by atoms with van der Waals surface area (Å²) in [5, 5.41) is 9.01. The molecule has 0 saturated heterocycles. The molecule has 0 aliphatic rings. The van der Waals surface area contributed by atoms with E-state index in [-0.39, 0.29) is 23.7 Å². The molecule has 0 atom stereocenters. The molecule has 0 saturated carbocycles. The molecule has 1 N–H and O–H groups in total. The van der Waals surface area contributed by atoms with Crippen molar-refractivity contribution in [3.05, 3.63) is 59.7 Å². The second kappa shape index (κ2) is 6.38. The number of hydrogen-bond donors (Lipinski definition) is 1. The van der Waals surface area contributed by atoms with Gasteiger partial charge in [-0.25, -0.2) is 4.79 Å². The van der Waals surface area contributed by atoms with Gasteiger partial charge >= 0.3 is 12.3 Å². The predicted octanol–water partition coefficient (Wildman–Crippen LogP) is 3.86. The average Bonchev–Trinajstić information content (AvgIpc) is 2.44. The Morgan fingerprint density at radius 2 is 1.82 bits per heavy atom. The van der Waals surface area contributed by atoms with Crippen LogP contribution in [0.5, 0.6) is 11.5 Å². The second-order valence-corrected chi connectivity index (χ2v) is 4.29. The molecule has 0 aliphatic carbocycles. The van der Waals surface area contributed by atoms with Crippen molar-refractivity contribution in [1.29, 1.82) is 0 Å². The Bertz CT molecular complexity index is 668. The Kier molecular flexibility index (Phi) is 4.55. The SMILES string of the molecule is O=C(O)c1ccccc1OCc1cccc(OC(F)(F)F)c1. The number of para-hydroxylation sites is 1. The maximum atomic E-state index is 12.1. The van der Waals surface area contributed by atoms with Gasteiger partial charge in [-0.15, -0.1) is 13.2 Å². The number of rotatable bonds is 5. The molecule has 0 radical (unpaired) electrons. The molecule has 0 heterocycles. The van der Waals surface area contributed by atoms with Crippen LogP contribution < -0.4 is 9.47 Å². The van der Waals surface area contributed by atoms with Gasteiger partial charge in [0, 0.05) is 0 Å². The molecule has 0 unspecified atom stereocenters. The lowest BCUT2D eigenvalue weighted by Crippen LogP contribution is -2.17. The number of carboxylic acids is 1. The van der Waals surface area contributed by atoms with E-state index >= 15 is 0 Å². The Morgan fingerprint density at radius 3 is 2.50 bits per heavy atom. The van der Waals surface area contributed by atoms with E-state index < -0.39 is 12.3 Å². The fraction of sp³-hybridized carbons (Fsp3) is 0.133. The van der Waals surface area contributed by atoms with Gasteiger partial charge in [0.1, 0.15) is 23.7 Å². The summed E-state index contributed by atoms with van der Waals surface area (Å²) in [7, 11) is 0. The monoisotopic (exact) mass is 312 g/mol. The molecule has 22 heavy (non-hydrogen) atoms. The molecule has 0 aliphatic heterocycles. The maximum Gasteiger partial charge on any atom is 0.573 e. The van der Waals surface area contributed by atoms with Crippen LogP contribution in [-0.4, -0.2) is 17.4 Å². The first-order chi connectivity index (χ1) is 10.3. The zero-order valence-corrected chi connectivity index (χ0v) is 11.1. The third kappa shape index (κ3) is 4.41. The summed E-state index contributed by atoms with van der Waals surface area (Å²) < 4.78 is 45.6. The van der Waals surface area contributed by atoms with Crippen LogP contribution in [0.4, 0.5) is 13.2 Å². The van der Waals surface area contributed by atoms with Crippen LogP contribution >= 0.6 is 0 Å². The third-order valence-electron chi connectivity index (χ3n) is 2.64. The number of ether oxygens (including phenoxy) is 2. The number of hydrogen-bond acceptors (Lipinski definition) is 3. The van der Waals surface area contributed by atoms with Gasteiger partial charge in [0.15, 0.2) is 0 Å². The molecule has 0 aromatic heterocycles. The minimum atomic E-state index is -4.77. The maximum absolute atomic E-state index is 12.1.